The van der Waals surface area contributed by atoms with Crippen molar-refractivity contribution >= 4 is 28.4 Å². The number of benzene rings is 2. The van der Waals surface area contributed by atoms with E-state index in [9.17, 15) is 4.79 Å². The average Bonchev–Trinajstić information content (AvgIpc) is 3.02. The molecule has 4 aromatic rings. The van der Waals surface area contributed by atoms with Gasteiger partial charge in [0.1, 0.15) is 0 Å². The first-order valence-corrected chi connectivity index (χ1v) is 9.19. The minimum absolute atomic E-state index is 0.0720. The van der Waals surface area contributed by atoms with Crippen LogP contribution in [0.1, 0.15) is 18.1 Å². The van der Waals surface area contributed by atoms with E-state index in [1.54, 1.807) is 16.3 Å². The van der Waals surface area contributed by atoms with Gasteiger partial charge in [-0.2, -0.15) is 0 Å². The van der Waals surface area contributed by atoms with Crippen LogP contribution in [0.25, 0.3) is 22.4 Å². The number of para-hydroxylation sites is 1. The second kappa shape index (κ2) is 6.04. The maximum absolute atomic E-state index is 13.2. The fourth-order valence-electron chi connectivity index (χ4n) is 3.08. The van der Waals surface area contributed by atoms with E-state index in [1.807, 2.05) is 60.7 Å². The molecule has 0 saturated carbocycles. The van der Waals surface area contributed by atoms with Crippen molar-refractivity contribution in [2.75, 3.05) is 5.75 Å². The fourth-order valence-corrected chi connectivity index (χ4v) is 3.74. The van der Waals surface area contributed by atoms with E-state index in [0.29, 0.717) is 11.2 Å². The summed E-state index contributed by atoms with van der Waals surface area (Å²) in [6.45, 7) is 6.11. The van der Waals surface area contributed by atoms with E-state index in [0.717, 1.165) is 33.2 Å². The van der Waals surface area contributed by atoms with Crippen LogP contribution in [0.2, 0.25) is 0 Å². The molecule has 0 N–H and O–H groups in total. The van der Waals surface area contributed by atoms with Crippen molar-refractivity contribution in [3.05, 3.63) is 63.9 Å². The number of hydrogen-bond acceptors (Lipinski definition) is 4. The summed E-state index contributed by atoms with van der Waals surface area (Å²) in [5, 5.41) is 10.1. The first-order chi connectivity index (χ1) is 12.1. The fraction of sp³-hybridized carbons (Fsp3) is 0.211. The minimum Gasteiger partial charge on any atom is -0.268 e. The number of rotatable bonds is 3. The topological polar surface area (TPSA) is 52.2 Å². The molecule has 25 heavy (non-hydrogen) atoms. The largest absolute Gasteiger partial charge is 0.268 e. The molecule has 0 fully saturated rings. The first-order valence-electron chi connectivity index (χ1n) is 8.21. The smallest absolute Gasteiger partial charge is 0.267 e. The Bertz CT molecular complexity index is 1160. The lowest BCUT2D eigenvalue weighted by atomic mass is 10.1. The molecule has 2 aromatic heterocycles. The second-order valence-electron chi connectivity index (χ2n) is 6.00. The Morgan fingerprint density at radius 1 is 1.08 bits per heavy atom. The zero-order chi connectivity index (χ0) is 17.6. The second-order valence-corrected chi connectivity index (χ2v) is 7.23. The van der Waals surface area contributed by atoms with Crippen molar-refractivity contribution in [3.8, 4) is 5.69 Å². The third-order valence-corrected chi connectivity index (χ3v) is 5.08. The van der Waals surface area contributed by atoms with Gasteiger partial charge < -0.3 is 0 Å². The molecular formula is C19H18N4OS. The predicted molar refractivity (Wildman–Crippen MR) is 102 cm³/mol. The average molecular weight is 350 g/mol. The van der Waals surface area contributed by atoms with Crippen molar-refractivity contribution in [2.24, 2.45) is 0 Å². The highest BCUT2D eigenvalue weighted by atomic mass is 32.2. The summed E-state index contributed by atoms with van der Waals surface area (Å²) in [7, 11) is 0. The molecule has 0 aliphatic rings. The van der Waals surface area contributed by atoms with Gasteiger partial charge in [0, 0.05) is 0 Å². The summed E-state index contributed by atoms with van der Waals surface area (Å²) in [4.78, 5) is 13.2. The van der Waals surface area contributed by atoms with Gasteiger partial charge in [0.15, 0.2) is 5.16 Å². The Balaban J connectivity index is 2.22. The molecule has 4 rings (SSSR count). The van der Waals surface area contributed by atoms with Crippen LogP contribution in [-0.2, 0) is 0 Å². The first kappa shape index (κ1) is 15.9. The molecule has 6 heteroatoms. The van der Waals surface area contributed by atoms with Gasteiger partial charge in [0.05, 0.1) is 16.6 Å². The molecular weight excluding hydrogens is 332 g/mol. The number of aromatic nitrogens is 4. The third kappa shape index (κ3) is 2.44. The minimum atomic E-state index is -0.0720. The molecule has 126 valence electrons. The predicted octanol–water partition coefficient (Wildman–Crippen LogP) is 3.76. The lowest BCUT2D eigenvalue weighted by Gasteiger charge is -2.13. The Hall–Kier alpha value is -2.60. The van der Waals surface area contributed by atoms with Crippen molar-refractivity contribution in [2.45, 2.75) is 25.9 Å². The Labute approximate surface area is 149 Å². The van der Waals surface area contributed by atoms with Crippen LogP contribution < -0.4 is 5.56 Å². The molecule has 0 bridgehead atoms. The van der Waals surface area contributed by atoms with E-state index >= 15 is 0 Å². The van der Waals surface area contributed by atoms with E-state index in [2.05, 4.69) is 17.1 Å². The Morgan fingerprint density at radius 2 is 1.88 bits per heavy atom. The van der Waals surface area contributed by atoms with Crippen LogP contribution in [0.3, 0.4) is 0 Å². The molecule has 0 aliphatic carbocycles. The number of nitrogens with zero attached hydrogens (tertiary/aromatic N) is 4. The standard InChI is InChI=1S/C19H18N4OS/c1-4-25-19-21-20-18-22(16-11-12(2)9-10-13(16)3)17(24)14-7-5-6-8-15(14)23(18)19/h5-11H,4H2,1-3H3. The van der Waals surface area contributed by atoms with Crippen LogP contribution in [0.4, 0.5) is 0 Å². The highest BCUT2D eigenvalue weighted by molar-refractivity contribution is 7.99. The molecule has 5 nitrogen and oxygen atoms in total. The molecule has 0 unspecified atom stereocenters. The molecule has 2 heterocycles. The van der Waals surface area contributed by atoms with Gasteiger partial charge in [-0.1, -0.05) is 43.0 Å². The summed E-state index contributed by atoms with van der Waals surface area (Å²) in [5.41, 5.74) is 3.74. The van der Waals surface area contributed by atoms with Gasteiger partial charge in [-0.05, 0) is 48.9 Å². The van der Waals surface area contributed by atoms with Crippen molar-refractivity contribution in [1.29, 1.82) is 0 Å². The zero-order valence-electron chi connectivity index (χ0n) is 14.4. The number of thioether (sulfide) groups is 1. The molecule has 0 atom stereocenters. The molecule has 0 radical (unpaired) electrons. The Morgan fingerprint density at radius 3 is 2.68 bits per heavy atom. The molecule has 0 spiro atoms. The van der Waals surface area contributed by atoms with Gasteiger partial charge in [0.25, 0.3) is 5.56 Å². The third-order valence-electron chi connectivity index (χ3n) is 4.27. The van der Waals surface area contributed by atoms with Crippen LogP contribution in [0.15, 0.2) is 52.4 Å². The summed E-state index contributed by atoms with van der Waals surface area (Å²) in [5.74, 6) is 1.44. The van der Waals surface area contributed by atoms with E-state index in [1.165, 1.54) is 0 Å². The summed E-state index contributed by atoms with van der Waals surface area (Å²) < 4.78 is 3.66. The Kier molecular flexibility index (Phi) is 3.84. The highest BCUT2D eigenvalue weighted by Gasteiger charge is 2.18. The maximum atomic E-state index is 13.2. The normalized spacial score (nSPS) is 11.5. The van der Waals surface area contributed by atoms with Crippen LogP contribution >= 0.6 is 11.8 Å². The SMILES string of the molecule is CCSc1nnc2n(-c3cc(C)ccc3C)c(=O)c3ccccc3n12. The summed E-state index contributed by atoms with van der Waals surface area (Å²) in [6, 6.07) is 13.7. The number of aryl methyl sites for hydroxylation is 2. The molecule has 0 saturated heterocycles. The van der Waals surface area contributed by atoms with Crippen LogP contribution in [-0.4, -0.2) is 24.9 Å². The van der Waals surface area contributed by atoms with Gasteiger partial charge in [0.2, 0.25) is 5.78 Å². The van der Waals surface area contributed by atoms with Gasteiger partial charge >= 0.3 is 0 Å². The van der Waals surface area contributed by atoms with Crippen molar-refractivity contribution < 1.29 is 0 Å². The lowest BCUT2D eigenvalue weighted by Crippen LogP contribution is -2.22. The maximum Gasteiger partial charge on any atom is 0.267 e. The quantitative estimate of drug-likeness (QED) is 0.528. The highest BCUT2D eigenvalue weighted by Crippen LogP contribution is 2.24. The van der Waals surface area contributed by atoms with Gasteiger partial charge in [-0.25, -0.2) is 4.57 Å². The molecule has 2 aromatic carbocycles. The summed E-state index contributed by atoms with van der Waals surface area (Å²) >= 11 is 1.62. The van der Waals surface area contributed by atoms with Crippen molar-refractivity contribution in [1.82, 2.24) is 19.2 Å². The zero-order valence-corrected chi connectivity index (χ0v) is 15.2. The van der Waals surface area contributed by atoms with Crippen LogP contribution in [0, 0.1) is 13.8 Å². The monoisotopic (exact) mass is 350 g/mol. The summed E-state index contributed by atoms with van der Waals surface area (Å²) in [6.07, 6.45) is 0. The van der Waals surface area contributed by atoms with Crippen LogP contribution in [0.5, 0.6) is 0 Å². The lowest BCUT2D eigenvalue weighted by molar-refractivity contribution is 0.928. The van der Waals surface area contributed by atoms with Crippen molar-refractivity contribution in [3.63, 3.8) is 0 Å². The number of fused-ring (bicyclic) bond motifs is 3. The van der Waals surface area contributed by atoms with E-state index < -0.39 is 0 Å². The van der Waals surface area contributed by atoms with Gasteiger partial charge in [-0.3, -0.25) is 9.20 Å². The van der Waals surface area contributed by atoms with Gasteiger partial charge in [-0.15, -0.1) is 10.2 Å². The number of hydrogen-bond donors (Lipinski definition) is 0. The van der Waals surface area contributed by atoms with E-state index in [4.69, 9.17) is 0 Å². The molecule has 0 aliphatic heterocycles. The molecule has 0 amide bonds. The van der Waals surface area contributed by atoms with E-state index in [-0.39, 0.29) is 5.56 Å².